The first-order valence-corrected chi connectivity index (χ1v) is 2.68. The summed E-state index contributed by atoms with van der Waals surface area (Å²) in [5, 5.41) is 2.89. The SMILES string of the molecule is CC1NC=NC1CF. The first kappa shape index (κ1) is 5.54. The molecule has 2 atom stereocenters. The monoisotopic (exact) mass is 116 g/mol. The summed E-state index contributed by atoms with van der Waals surface area (Å²) >= 11 is 0. The summed E-state index contributed by atoms with van der Waals surface area (Å²) in [5.74, 6) is 0. The van der Waals surface area contributed by atoms with Crippen LogP contribution in [0.2, 0.25) is 0 Å². The van der Waals surface area contributed by atoms with Gasteiger partial charge in [-0.05, 0) is 6.92 Å². The largest absolute Gasteiger partial charge is 0.372 e. The first-order valence-electron chi connectivity index (χ1n) is 2.68. The number of alkyl halides is 1. The van der Waals surface area contributed by atoms with Gasteiger partial charge < -0.3 is 5.32 Å². The molecule has 0 amide bonds. The molecule has 0 aromatic carbocycles. The smallest absolute Gasteiger partial charge is 0.114 e. The maximum Gasteiger partial charge on any atom is 0.114 e. The quantitative estimate of drug-likeness (QED) is 0.525. The summed E-state index contributed by atoms with van der Waals surface area (Å²) in [7, 11) is 0. The summed E-state index contributed by atoms with van der Waals surface area (Å²) in [6.45, 7) is 1.56. The lowest BCUT2D eigenvalue weighted by molar-refractivity contribution is 0.400. The predicted molar refractivity (Wildman–Crippen MR) is 30.9 cm³/mol. The average Bonchev–Trinajstić information content (AvgIpc) is 2.14. The molecule has 3 heteroatoms. The molecule has 1 heterocycles. The van der Waals surface area contributed by atoms with E-state index in [-0.39, 0.29) is 18.8 Å². The second-order valence-electron chi connectivity index (χ2n) is 1.96. The molecule has 1 aliphatic rings. The van der Waals surface area contributed by atoms with Crippen molar-refractivity contribution in [3.63, 3.8) is 0 Å². The van der Waals surface area contributed by atoms with E-state index in [9.17, 15) is 4.39 Å². The highest BCUT2D eigenvalue weighted by Crippen LogP contribution is 2.02. The molecule has 0 aromatic rings. The number of hydrogen-bond donors (Lipinski definition) is 1. The Morgan fingerprint density at radius 1 is 1.88 bits per heavy atom. The second-order valence-corrected chi connectivity index (χ2v) is 1.96. The van der Waals surface area contributed by atoms with Crippen LogP contribution in [-0.4, -0.2) is 25.1 Å². The van der Waals surface area contributed by atoms with Crippen LogP contribution in [0.5, 0.6) is 0 Å². The van der Waals surface area contributed by atoms with Gasteiger partial charge in [-0.3, -0.25) is 4.99 Å². The maximum atomic E-state index is 11.8. The van der Waals surface area contributed by atoms with Crippen molar-refractivity contribution in [1.82, 2.24) is 5.32 Å². The Labute approximate surface area is 47.8 Å². The van der Waals surface area contributed by atoms with Crippen molar-refractivity contribution in [2.45, 2.75) is 19.0 Å². The van der Waals surface area contributed by atoms with Gasteiger partial charge in [0.1, 0.15) is 6.67 Å². The molecule has 0 radical (unpaired) electrons. The normalized spacial score (nSPS) is 35.2. The van der Waals surface area contributed by atoms with E-state index in [4.69, 9.17) is 0 Å². The Morgan fingerprint density at radius 2 is 2.62 bits per heavy atom. The zero-order valence-electron chi connectivity index (χ0n) is 4.76. The van der Waals surface area contributed by atoms with Crippen LogP contribution in [0, 0.1) is 0 Å². The van der Waals surface area contributed by atoms with E-state index in [2.05, 4.69) is 10.3 Å². The van der Waals surface area contributed by atoms with Crippen molar-refractivity contribution in [1.29, 1.82) is 0 Å². The topological polar surface area (TPSA) is 24.4 Å². The van der Waals surface area contributed by atoms with Crippen molar-refractivity contribution < 1.29 is 4.39 Å². The van der Waals surface area contributed by atoms with E-state index in [1.165, 1.54) is 0 Å². The van der Waals surface area contributed by atoms with Crippen LogP contribution >= 0.6 is 0 Å². The zero-order chi connectivity index (χ0) is 5.98. The second kappa shape index (κ2) is 2.11. The zero-order valence-corrected chi connectivity index (χ0v) is 4.76. The predicted octanol–water partition coefficient (Wildman–Crippen LogP) is 0.344. The molecule has 8 heavy (non-hydrogen) atoms. The van der Waals surface area contributed by atoms with Gasteiger partial charge in [-0.15, -0.1) is 0 Å². The minimum absolute atomic E-state index is 0.144. The van der Waals surface area contributed by atoms with E-state index in [1.54, 1.807) is 6.34 Å². The van der Waals surface area contributed by atoms with Crippen LogP contribution < -0.4 is 5.32 Å². The molecule has 0 aromatic heterocycles. The van der Waals surface area contributed by atoms with Crippen molar-refractivity contribution in [2.24, 2.45) is 4.99 Å². The minimum atomic E-state index is -0.356. The maximum absolute atomic E-state index is 11.8. The van der Waals surface area contributed by atoms with E-state index >= 15 is 0 Å². The fraction of sp³-hybridized carbons (Fsp3) is 0.800. The number of nitrogens with zero attached hydrogens (tertiary/aromatic N) is 1. The molecule has 1 rings (SSSR count). The summed E-state index contributed by atoms with van der Waals surface area (Å²) < 4.78 is 11.8. The molecule has 0 saturated carbocycles. The number of halogens is 1. The fourth-order valence-corrected chi connectivity index (χ4v) is 0.670. The van der Waals surface area contributed by atoms with Crippen molar-refractivity contribution in [2.75, 3.05) is 6.67 Å². The van der Waals surface area contributed by atoms with Crippen molar-refractivity contribution in [3.05, 3.63) is 0 Å². The molecular weight excluding hydrogens is 107 g/mol. The van der Waals surface area contributed by atoms with Crippen LogP contribution in [0.3, 0.4) is 0 Å². The third-order valence-electron chi connectivity index (χ3n) is 1.34. The summed E-state index contributed by atoms with van der Waals surface area (Å²) in [5.41, 5.74) is 0. The molecular formula is C5H9FN2. The Morgan fingerprint density at radius 3 is 2.88 bits per heavy atom. The van der Waals surface area contributed by atoms with Gasteiger partial charge in [-0.1, -0.05) is 0 Å². The molecule has 2 nitrogen and oxygen atoms in total. The van der Waals surface area contributed by atoms with Crippen LogP contribution in [0.1, 0.15) is 6.92 Å². The number of rotatable bonds is 1. The molecule has 46 valence electrons. The summed E-state index contributed by atoms with van der Waals surface area (Å²) in [6, 6.07) is 0.0370. The van der Waals surface area contributed by atoms with Gasteiger partial charge in [0.25, 0.3) is 0 Å². The Bertz CT molecular complexity index is 103. The third-order valence-corrected chi connectivity index (χ3v) is 1.34. The van der Waals surface area contributed by atoms with E-state index in [0.717, 1.165) is 0 Å². The van der Waals surface area contributed by atoms with E-state index in [1.807, 2.05) is 6.92 Å². The van der Waals surface area contributed by atoms with Gasteiger partial charge in [0.2, 0.25) is 0 Å². The van der Waals surface area contributed by atoms with Crippen LogP contribution in [0.25, 0.3) is 0 Å². The van der Waals surface area contributed by atoms with Gasteiger partial charge in [-0.2, -0.15) is 0 Å². The molecule has 0 aliphatic carbocycles. The lowest BCUT2D eigenvalue weighted by atomic mass is 10.2. The van der Waals surface area contributed by atoms with Gasteiger partial charge in [0.15, 0.2) is 0 Å². The molecule has 1 N–H and O–H groups in total. The van der Waals surface area contributed by atoms with Crippen LogP contribution in [0.15, 0.2) is 4.99 Å². The molecule has 0 fully saturated rings. The average molecular weight is 116 g/mol. The lowest BCUT2D eigenvalue weighted by Crippen LogP contribution is -2.29. The minimum Gasteiger partial charge on any atom is -0.372 e. The Balaban J connectivity index is 2.41. The summed E-state index contributed by atoms with van der Waals surface area (Å²) in [6.07, 6.45) is 1.56. The van der Waals surface area contributed by atoms with Gasteiger partial charge in [0, 0.05) is 6.04 Å². The van der Waals surface area contributed by atoms with E-state index < -0.39 is 0 Å². The Kier molecular flexibility index (Phi) is 1.46. The Hall–Kier alpha value is -0.600. The number of aliphatic imine (C=N–C) groups is 1. The lowest BCUT2D eigenvalue weighted by Gasteiger charge is -2.07. The standard InChI is InChI=1S/C5H9FN2/c1-4-5(2-6)8-3-7-4/h3-5H,2H2,1H3,(H,7,8). The highest BCUT2D eigenvalue weighted by Gasteiger charge is 2.17. The summed E-state index contributed by atoms with van der Waals surface area (Å²) in [4.78, 5) is 3.82. The molecule has 0 bridgehead atoms. The first-order chi connectivity index (χ1) is 3.84. The third kappa shape index (κ3) is 0.804. The fourth-order valence-electron chi connectivity index (χ4n) is 0.670. The van der Waals surface area contributed by atoms with Gasteiger partial charge in [0.05, 0.1) is 12.4 Å². The van der Waals surface area contributed by atoms with E-state index in [0.29, 0.717) is 0 Å². The van der Waals surface area contributed by atoms with Gasteiger partial charge in [-0.25, -0.2) is 4.39 Å². The highest BCUT2D eigenvalue weighted by atomic mass is 19.1. The molecule has 2 unspecified atom stereocenters. The molecule has 0 saturated heterocycles. The van der Waals surface area contributed by atoms with Crippen LogP contribution in [0.4, 0.5) is 4.39 Å². The molecule has 0 spiro atoms. The number of nitrogens with one attached hydrogen (secondary N) is 1. The van der Waals surface area contributed by atoms with Gasteiger partial charge >= 0.3 is 0 Å². The highest BCUT2D eigenvalue weighted by molar-refractivity contribution is 5.58. The van der Waals surface area contributed by atoms with Crippen molar-refractivity contribution >= 4 is 6.34 Å². The number of hydrogen-bond acceptors (Lipinski definition) is 2. The van der Waals surface area contributed by atoms with Crippen molar-refractivity contribution in [3.8, 4) is 0 Å². The van der Waals surface area contributed by atoms with Crippen LogP contribution in [-0.2, 0) is 0 Å². The molecule has 1 aliphatic heterocycles.